The lowest BCUT2D eigenvalue weighted by Gasteiger charge is -2.06. The number of fused-ring (bicyclic) bond motifs is 1. The lowest BCUT2D eigenvalue weighted by molar-refractivity contribution is 0.0600. The number of methoxy groups -OCH3 is 1. The molecule has 7 heteroatoms. The largest absolute Gasteiger partial charge is 0.465 e. The summed E-state index contributed by atoms with van der Waals surface area (Å²) >= 11 is 3.43. The quantitative estimate of drug-likeness (QED) is 0.427. The third kappa shape index (κ3) is 4.05. The molecular weight excluding hydrogens is 434 g/mol. The minimum atomic E-state index is -0.442. The van der Waals surface area contributed by atoms with Crippen LogP contribution in [-0.2, 0) is 4.74 Å². The fourth-order valence-electron chi connectivity index (χ4n) is 2.91. The second kappa shape index (κ2) is 7.89. The van der Waals surface area contributed by atoms with Gasteiger partial charge in [0.1, 0.15) is 5.82 Å². The Morgan fingerprint density at radius 3 is 2.34 bits per heavy atom. The van der Waals surface area contributed by atoms with Crippen LogP contribution in [0.4, 0.5) is 5.69 Å². The van der Waals surface area contributed by atoms with E-state index >= 15 is 0 Å². The van der Waals surface area contributed by atoms with Crippen molar-refractivity contribution in [2.24, 2.45) is 0 Å². The van der Waals surface area contributed by atoms with Gasteiger partial charge in [-0.15, -0.1) is 0 Å². The second-order valence-electron chi connectivity index (χ2n) is 6.35. The number of carbonyl (C=O) groups is 2. The summed E-state index contributed by atoms with van der Waals surface area (Å²) in [6.07, 6.45) is 0. The minimum Gasteiger partial charge on any atom is -0.465 e. The zero-order chi connectivity index (χ0) is 20.4. The lowest BCUT2D eigenvalue weighted by atomic mass is 10.1. The summed E-state index contributed by atoms with van der Waals surface area (Å²) in [4.78, 5) is 31.9. The van der Waals surface area contributed by atoms with E-state index in [0.29, 0.717) is 16.8 Å². The number of nitrogens with one attached hydrogen (secondary N) is 2. The van der Waals surface area contributed by atoms with Gasteiger partial charge in [0, 0.05) is 21.3 Å². The number of ether oxygens (including phenoxy) is 1. The molecule has 0 unspecified atom stereocenters. The molecule has 0 fully saturated rings. The van der Waals surface area contributed by atoms with Crippen LogP contribution in [0.3, 0.4) is 0 Å². The molecule has 0 aliphatic heterocycles. The van der Waals surface area contributed by atoms with E-state index in [1.165, 1.54) is 7.11 Å². The molecule has 0 aliphatic rings. The van der Waals surface area contributed by atoms with Crippen molar-refractivity contribution in [1.82, 2.24) is 9.97 Å². The highest BCUT2D eigenvalue weighted by Crippen LogP contribution is 2.24. The monoisotopic (exact) mass is 449 g/mol. The summed E-state index contributed by atoms with van der Waals surface area (Å²) in [5, 5.41) is 2.85. The molecular formula is C22H16BrN3O3. The van der Waals surface area contributed by atoms with Crippen LogP contribution in [0.25, 0.3) is 22.4 Å². The number of anilines is 1. The molecule has 0 saturated carbocycles. The summed E-state index contributed by atoms with van der Waals surface area (Å²) in [5.74, 6) is 0.0429. The topological polar surface area (TPSA) is 84.1 Å². The summed E-state index contributed by atoms with van der Waals surface area (Å²) < 4.78 is 5.66. The van der Waals surface area contributed by atoms with Gasteiger partial charge in [-0.25, -0.2) is 9.78 Å². The van der Waals surface area contributed by atoms with Gasteiger partial charge in [-0.1, -0.05) is 28.1 Å². The molecule has 0 atom stereocenters. The van der Waals surface area contributed by atoms with Crippen LogP contribution in [0.5, 0.6) is 0 Å². The van der Waals surface area contributed by atoms with E-state index in [1.807, 2.05) is 42.5 Å². The average Bonchev–Trinajstić information content (AvgIpc) is 3.17. The molecule has 1 heterocycles. The number of rotatable bonds is 4. The van der Waals surface area contributed by atoms with Crippen LogP contribution in [-0.4, -0.2) is 29.0 Å². The Labute approximate surface area is 175 Å². The maximum absolute atomic E-state index is 12.5. The number of carbonyl (C=O) groups excluding carboxylic acids is 2. The standard InChI is InChI=1S/C22H16BrN3O3/c1-29-22(28)15-4-2-14(3-5-15)21(27)24-17-10-11-18-19(12-17)26-20(25-18)13-6-8-16(23)9-7-13/h2-12H,1H3,(H,24,27)(H,25,26). The second-order valence-corrected chi connectivity index (χ2v) is 7.26. The van der Waals surface area contributed by atoms with Crippen molar-refractivity contribution >= 4 is 44.5 Å². The number of amides is 1. The number of halogens is 1. The summed E-state index contributed by atoms with van der Waals surface area (Å²) in [7, 11) is 1.32. The molecule has 29 heavy (non-hydrogen) atoms. The number of nitrogens with zero attached hydrogens (tertiary/aromatic N) is 1. The first kappa shape index (κ1) is 18.9. The first-order chi connectivity index (χ1) is 14.0. The summed E-state index contributed by atoms with van der Waals surface area (Å²) in [5.41, 5.74) is 4.07. The Balaban J connectivity index is 1.54. The van der Waals surface area contributed by atoms with Gasteiger partial charge >= 0.3 is 5.97 Å². The highest BCUT2D eigenvalue weighted by atomic mass is 79.9. The van der Waals surface area contributed by atoms with Crippen molar-refractivity contribution in [3.63, 3.8) is 0 Å². The van der Waals surface area contributed by atoms with Crippen LogP contribution in [0.15, 0.2) is 71.2 Å². The van der Waals surface area contributed by atoms with E-state index in [-0.39, 0.29) is 5.91 Å². The predicted molar refractivity (Wildman–Crippen MR) is 115 cm³/mol. The first-order valence-corrected chi connectivity index (χ1v) is 9.58. The van der Waals surface area contributed by atoms with Gasteiger partial charge in [0.2, 0.25) is 0 Å². The number of hydrogen-bond acceptors (Lipinski definition) is 4. The van der Waals surface area contributed by atoms with E-state index in [9.17, 15) is 9.59 Å². The van der Waals surface area contributed by atoms with E-state index in [2.05, 4.69) is 36.0 Å². The Morgan fingerprint density at radius 1 is 0.966 bits per heavy atom. The van der Waals surface area contributed by atoms with Crippen molar-refractivity contribution < 1.29 is 14.3 Å². The number of esters is 1. The Kier molecular flexibility index (Phi) is 5.14. The van der Waals surface area contributed by atoms with Gasteiger partial charge in [0.05, 0.1) is 23.7 Å². The molecule has 1 aromatic heterocycles. The molecule has 0 saturated heterocycles. The fourth-order valence-corrected chi connectivity index (χ4v) is 3.17. The fraction of sp³-hybridized carbons (Fsp3) is 0.0455. The van der Waals surface area contributed by atoms with E-state index in [0.717, 1.165) is 26.9 Å². The smallest absolute Gasteiger partial charge is 0.337 e. The Bertz CT molecular complexity index is 1200. The molecule has 4 aromatic rings. The third-order valence-corrected chi connectivity index (χ3v) is 4.96. The zero-order valence-electron chi connectivity index (χ0n) is 15.4. The highest BCUT2D eigenvalue weighted by Gasteiger charge is 2.11. The van der Waals surface area contributed by atoms with Gasteiger partial charge in [-0.05, 0) is 54.6 Å². The number of hydrogen-bond donors (Lipinski definition) is 2. The van der Waals surface area contributed by atoms with Crippen LogP contribution in [0.1, 0.15) is 20.7 Å². The molecule has 144 valence electrons. The van der Waals surface area contributed by atoms with Crippen molar-refractivity contribution in [1.29, 1.82) is 0 Å². The van der Waals surface area contributed by atoms with Crippen LogP contribution in [0.2, 0.25) is 0 Å². The molecule has 0 radical (unpaired) electrons. The molecule has 0 spiro atoms. The molecule has 1 amide bonds. The van der Waals surface area contributed by atoms with E-state index in [4.69, 9.17) is 0 Å². The number of H-pyrrole nitrogens is 1. The molecule has 6 nitrogen and oxygen atoms in total. The Hall–Kier alpha value is -3.45. The molecule has 0 aliphatic carbocycles. The van der Waals surface area contributed by atoms with Gasteiger partial charge in [-0.2, -0.15) is 0 Å². The van der Waals surface area contributed by atoms with Crippen molar-refractivity contribution in [2.45, 2.75) is 0 Å². The molecule has 2 N–H and O–H groups in total. The van der Waals surface area contributed by atoms with E-state index in [1.54, 1.807) is 24.3 Å². The number of aromatic nitrogens is 2. The first-order valence-electron chi connectivity index (χ1n) is 8.79. The normalized spacial score (nSPS) is 10.7. The van der Waals surface area contributed by atoms with Crippen molar-refractivity contribution in [2.75, 3.05) is 12.4 Å². The number of aromatic amines is 1. The minimum absolute atomic E-state index is 0.274. The summed E-state index contributed by atoms with van der Waals surface area (Å²) in [6.45, 7) is 0. The van der Waals surface area contributed by atoms with Crippen LogP contribution >= 0.6 is 15.9 Å². The average molecular weight is 450 g/mol. The summed E-state index contributed by atoms with van der Waals surface area (Å²) in [6, 6.07) is 19.7. The molecule has 3 aromatic carbocycles. The molecule has 0 bridgehead atoms. The van der Waals surface area contributed by atoms with Crippen LogP contribution in [0, 0.1) is 0 Å². The SMILES string of the molecule is COC(=O)c1ccc(C(=O)Nc2ccc3[nH]c(-c4ccc(Br)cc4)nc3c2)cc1. The van der Waals surface area contributed by atoms with Crippen molar-refractivity contribution in [3.8, 4) is 11.4 Å². The van der Waals surface area contributed by atoms with Gasteiger partial charge in [0.15, 0.2) is 0 Å². The number of benzene rings is 3. The lowest BCUT2D eigenvalue weighted by Crippen LogP contribution is -2.12. The van der Waals surface area contributed by atoms with Gasteiger partial charge < -0.3 is 15.0 Å². The number of imidazole rings is 1. The van der Waals surface area contributed by atoms with Gasteiger partial charge in [-0.3, -0.25) is 4.79 Å². The zero-order valence-corrected chi connectivity index (χ0v) is 17.0. The van der Waals surface area contributed by atoms with Gasteiger partial charge in [0.25, 0.3) is 5.91 Å². The Morgan fingerprint density at radius 2 is 1.66 bits per heavy atom. The van der Waals surface area contributed by atoms with Crippen LogP contribution < -0.4 is 5.32 Å². The molecule has 4 rings (SSSR count). The maximum Gasteiger partial charge on any atom is 0.337 e. The maximum atomic E-state index is 12.5. The predicted octanol–water partition coefficient (Wildman–Crippen LogP) is 5.03. The van der Waals surface area contributed by atoms with E-state index < -0.39 is 5.97 Å². The highest BCUT2D eigenvalue weighted by molar-refractivity contribution is 9.10. The third-order valence-electron chi connectivity index (χ3n) is 4.43. The van der Waals surface area contributed by atoms with Crippen molar-refractivity contribution in [3.05, 3.63) is 82.3 Å².